The minimum atomic E-state index is 0.449. The summed E-state index contributed by atoms with van der Waals surface area (Å²) < 4.78 is 0. The van der Waals surface area contributed by atoms with E-state index in [1.807, 2.05) is 0 Å². The van der Waals surface area contributed by atoms with Crippen LogP contribution in [0.5, 0.6) is 0 Å². The summed E-state index contributed by atoms with van der Waals surface area (Å²) in [5, 5.41) is 0. The summed E-state index contributed by atoms with van der Waals surface area (Å²) in [6.45, 7) is 10.3. The monoisotopic (exact) mass is 129 g/mol. The molecule has 0 aromatic heterocycles. The number of hydrogen-bond acceptors (Lipinski definition) is 1. The van der Waals surface area contributed by atoms with Crippen LogP contribution >= 0.6 is 0 Å². The Hall–Kier alpha value is -0.300. The van der Waals surface area contributed by atoms with Gasteiger partial charge in [0, 0.05) is 6.04 Å². The zero-order valence-electron chi connectivity index (χ0n) is 6.69. The van der Waals surface area contributed by atoms with E-state index in [4.69, 9.17) is 5.73 Å². The van der Waals surface area contributed by atoms with E-state index in [-0.39, 0.29) is 0 Å². The average Bonchev–Trinajstić information content (AvgIpc) is 1.93. The first-order valence-electron chi connectivity index (χ1n) is 3.56. The molecule has 9 heavy (non-hydrogen) atoms. The minimum Gasteiger partial charge on any atom is -0.328 e. The smallest absolute Gasteiger partial charge is 0.00361 e. The average molecular weight is 129 g/mol. The molecule has 0 spiro atoms. The maximum Gasteiger partial charge on any atom is 0.00361 e. The number of nitrogens with two attached hydrogens (primary N) is 1. The lowest BCUT2D eigenvalue weighted by molar-refractivity contribution is 0.587. The number of rotatable bonds is 3. The van der Waals surface area contributed by atoms with Crippen LogP contribution in [0.4, 0.5) is 0 Å². The van der Waals surface area contributed by atoms with Crippen LogP contribution in [0.3, 0.4) is 0 Å². The highest BCUT2D eigenvalue weighted by molar-refractivity contribution is 4.54. The molecule has 0 amide bonds. The van der Waals surface area contributed by atoms with Gasteiger partial charge in [0.1, 0.15) is 0 Å². The fraction of sp³-hybridized carbons (Fsp3) is 0.750. The molecule has 0 radical (unpaired) electrons. The van der Waals surface area contributed by atoms with Gasteiger partial charge >= 0.3 is 0 Å². The molecule has 0 aliphatic rings. The molecule has 0 aliphatic heterocycles. The van der Waals surface area contributed by atoms with Crippen molar-refractivity contribution in [3.63, 3.8) is 0 Å². The molecule has 0 aromatic carbocycles. The molecule has 0 fully saturated rings. The largest absolute Gasteiger partial charge is 0.328 e. The third-order valence-electron chi connectivity index (χ3n) is 1.18. The molecule has 1 nitrogen and oxygen atoms in total. The van der Waals surface area contributed by atoms with Crippen molar-refractivity contribution in [2.75, 3.05) is 0 Å². The van der Waals surface area contributed by atoms with E-state index in [9.17, 15) is 0 Å². The van der Waals surface area contributed by atoms with Crippen LogP contribution in [0, 0.1) is 0 Å². The molecule has 0 saturated carbocycles. The van der Waals surface area contributed by atoms with Gasteiger partial charge in [0.15, 0.2) is 0 Å². The van der Waals surface area contributed by atoms with Crippen LogP contribution < -0.4 is 5.73 Å². The van der Waals surface area contributed by atoms with E-state index >= 15 is 0 Å². The lowest BCUT2D eigenvalue weighted by Gasteiger charge is -2.03. The van der Waals surface area contributed by atoms with Gasteiger partial charge in [0.2, 0.25) is 0 Å². The van der Waals surface area contributed by atoms with Gasteiger partial charge in [0.25, 0.3) is 0 Å². The summed E-state index contributed by atoms with van der Waals surface area (Å²) >= 11 is 0. The van der Waals surface area contributed by atoms with Crippen molar-refractivity contribution in [1.82, 2.24) is 0 Å². The Kier molecular flexibility index (Phi) is 13.6. The van der Waals surface area contributed by atoms with E-state index in [0.29, 0.717) is 6.04 Å². The van der Waals surface area contributed by atoms with Crippen molar-refractivity contribution >= 4 is 0 Å². The Balaban J connectivity index is 0. The Labute approximate surface area is 58.9 Å². The van der Waals surface area contributed by atoms with Gasteiger partial charge in [0.05, 0.1) is 0 Å². The van der Waals surface area contributed by atoms with Gasteiger partial charge in [-0.3, -0.25) is 0 Å². The second-order valence-electron chi connectivity index (χ2n) is 1.96. The zero-order chi connectivity index (χ0) is 7.70. The topological polar surface area (TPSA) is 26.0 Å². The van der Waals surface area contributed by atoms with Crippen molar-refractivity contribution in [2.45, 2.75) is 39.2 Å². The lowest BCUT2D eigenvalue weighted by Crippen LogP contribution is -2.17. The van der Waals surface area contributed by atoms with E-state index in [2.05, 4.69) is 27.0 Å². The highest BCUT2D eigenvalue weighted by Gasteiger charge is 1.92. The molecule has 0 bridgehead atoms. The highest BCUT2D eigenvalue weighted by Crippen LogP contribution is 1.95. The van der Waals surface area contributed by atoms with Gasteiger partial charge in [-0.25, -0.2) is 0 Å². The molecular formula is C8H19N. The van der Waals surface area contributed by atoms with Crippen LogP contribution in [0.2, 0.25) is 0 Å². The standard InChI is InChI=1S/C6H15N.C2H4/c1-3-5-6(7)4-2;1-2/h6H,3-5,7H2,1-2H3;1-2H2. The van der Waals surface area contributed by atoms with Crippen molar-refractivity contribution in [3.05, 3.63) is 13.2 Å². The predicted molar refractivity (Wildman–Crippen MR) is 44.4 cm³/mol. The van der Waals surface area contributed by atoms with Crippen LogP contribution in [-0.4, -0.2) is 6.04 Å². The summed E-state index contributed by atoms with van der Waals surface area (Å²) in [6.07, 6.45) is 3.51. The lowest BCUT2D eigenvalue weighted by atomic mass is 10.1. The van der Waals surface area contributed by atoms with Crippen LogP contribution in [0.15, 0.2) is 13.2 Å². The molecule has 0 heterocycles. The van der Waals surface area contributed by atoms with E-state index in [1.165, 1.54) is 12.8 Å². The van der Waals surface area contributed by atoms with Crippen LogP contribution in [-0.2, 0) is 0 Å². The molecule has 56 valence electrons. The summed E-state index contributed by atoms with van der Waals surface area (Å²) in [7, 11) is 0. The Bertz CT molecular complexity index is 43.8. The molecule has 0 saturated heterocycles. The normalized spacial score (nSPS) is 11.4. The third kappa shape index (κ3) is 11.3. The summed E-state index contributed by atoms with van der Waals surface area (Å²) in [5.41, 5.74) is 5.58. The van der Waals surface area contributed by atoms with E-state index < -0.39 is 0 Å². The Morgan fingerprint density at radius 2 is 1.78 bits per heavy atom. The van der Waals surface area contributed by atoms with Crippen molar-refractivity contribution < 1.29 is 0 Å². The van der Waals surface area contributed by atoms with Gasteiger partial charge < -0.3 is 5.73 Å². The molecule has 0 aromatic rings. The second-order valence-corrected chi connectivity index (χ2v) is 1.96. The van der Waals surface area contributed by atoms with Gasteiger partial charge in [-0.05, 0) is 12.8 Å². The summed E-state index contributed by atoms with van der Waals surface area (Å²) in [6, 6.07) is 0.449. The molecule has 0 aliphatic carbocycles. The number of hydrogen-bond donors (Lipinski definition) is 1. The zero-order valence-corrected chi connectivity index (χ0v) is 6.69. The SMILES string of the molecule is C=C.CCCC(N)CC. The molecule has 1 heteroatoms. The van der Waals surface area contributed by atoms with Gasteiger partial charge in [-0.2, -0.15) is 0 Å². The fourth-order valence-electron chi connectivity index (χ4n) is 0.575. The predicted octanol–water partition coefficient (Wildman–Crippen LogP) is 2.33. The highest BCUT2D eigenvalue weighted by atomic mass is 14.6. The first-order chi connectivity index (χ1) is 4.31. The molecular weight excluding hydrogens is 110 g/mol. The molecule has 1 unspecified atom stereocenters. The maximum absolute atomic E-state index is 5.58. The maximum atomic E-state index is 5.58. The van der Waals surface area contributed by atoms with Crippen molar-refractivity contribution in [2.24, 2.45) is 5.73 Å². The second kappa shape index (κ2) is 10.6. The summed E-state index contributed by atoms with van der Waals surface area (Å²) in [4.78, 5) is 0. The summed E-state index contributed by atoms with van der Waals surface area (Å²) in [5.74, 6) is 0. The Morgan fingerprint density at radius 3 is 1.89 bits per heavy atom. The fourth-order valence-corrected chi connectivity index (χ4v) is 0.575. The third-order valence-corrected chi connectivity index (χ3v) is 1.18. The van der Waals surface area contributed by atoms with Crippen molar-refractivity contribution in [3.8, 4) is 0 Å². The van der Waals surface area contributed by atoms with Gasteiger partial charge in [-0.15, -0.1) is 13.2 Å². The van der Waals surface area contributed by atoms with Crippen LogP contribution in [0.1, 0.15) is 33.1 Å². The first kappa shape index (κ1) is 11.5. The minimum absolute atomic E-state index is 0.449. The van der Waals surface area contributed by atoms with Gasteiger partial charge in [-0.1, -0.05) is 20.3 Å². The van der Waals surface area contributed by atoms with Crippen molar-refractivity contribution in [1.29, 1.82) is 0 Å². The quantitative estimate of drug-likeness (QED) is 0.581. The molecule has 1 atom stereocenters. The Morgan fingerprint density at radius 1 is 1.33 bits per heavy atom. The van der Waals surface area contributed by atoms with E-state index in [1.54, 1.807) is 0 Å². The molecule has 0 rings (SSSR count). The van der Waals surface area contributed by atoms with E-state index in [0.717, 1.165) is 6.42 Å². The van der Waals surface area contributed by atoms with Crippen LogP contribution in [0.25, 0.3) is 0 Å². The first-order valence-corrected chi connectivity index (χ1v) is 3.56. The molecule has 2 N–H and O–H groups in total.